The van der Waals surface area contributed by atoms with E-state index in [1.54, 1.807) is 6.07 Å². The average Bonchev–Trinajstić information content (AvgIpc) is 2.21. The largest absolute Gasteiger partial charge is 0.469 e. The molecule has 0 bridgehead atoms. The summed E-state index contributed by atoms with van der Waals surface area (Å²) in [5.74, 6) is -0.691. The number of carbonyl (C=O) groups is 2. The highest BCUT2D eigenvalue weighted by molar-refractivity contribution is 6.06. The molecule has 0 heterocycles. The molecule has 0 N–H and O–H groups in total. The topological polar surface area (TPSA) is 43.4 Å². The van der Waals surface area contributed by atoms with Crippen LogP contribution in [0.1, 0.15) is 27.9 Å². The van der Waals surface area contributed by atoms with Crippen LogP contribution >= 0.6 is 0 Å². The van der Waals surface area contributed by atoms with Crippen molar-refractivity contribution in [1.82, 2.24) is 0 Å². The average molecular weight is 206 g/mol. The first-order valence-corrected chi connectivity index (χ1v) is 4.72. The van der Waals surface area contributed by atoms with Crippen molar-refractivity contribution in [1.29, 1.82) is 0 Å². The fraction of sp³-hybridized carbons (Fsp3) is 0.333. The van der Waals surface area contributed by atoms with Gasteiger partial charge in [0.1, 0.15) is 6.42 Å². The van der Waals surface area contributed by atoms with E-state index < -0.39 is 5.97 Å². The molecule has 0 aliphatic rings. The molecular weight excluding hydrogens is 192 g/mol. The minimum Gasteiger partial charge on any atom is -0.469 e. The molecule has 0 atom stereocenters. The molecule has 0 amide bonds. The van der Waals surface area contributed by atoms with Gasteiger partial charge in [0.2, 0.25) is 0 Å². The maximum atomic E-state index is 11.7. The number of benzene rings is 1. The molecule has 3 heteroatoms. The molecule has 1 rings (SSSR count). The normalized spacial score (nSPS) is 9.80. The van der Waals surface area contributed by atoms with E-state index in [4.69, 9.17) is 0 Å². The maximum Gasteiger partial charge on any atom is 0.313 e. The minimum atomic E-state index is -0.499. The summed E-state index contributed by atoms with van der Waals surface area (Å²) in [6, 6.07) is 5.48. The highest BCUT2D eigenvalue weighted by atomic mass is 16.5. The quantitative estimate of drug-likeness (QED) is 0.432. The lowest BCUT2D eigenvalue weighted by Gasteiger charge is -2.06. The number of methoxy groups -OCH3 is 1. The van der Waals surface area contributed by atoms with E-state index in [9.17, 15) is 9.59 Å². The molecule has 80 valence electrons. The number of aryl methyl sites for hydroxylation is 1. The zero-order valence-corrected chi connectivity index (χ0v) is 9.16. The van der Waals surface area contributed by atoms with Crippen molar-refractivity contribution in [3.05, 3.63) is 34.9 Å². The molecule has 0 radical (unpaired) electrons. The van der Waals surface area contributed by atoms with E-state index in [0.717, 1.165) is 11.1 Å². The summed E-state index contributed by atoms with van der Waals surface area (Å²) in [6.07, 6.45) is -0.194. The van der Waals surface area contributed by atoms with Crippen LogP contribution in [0.25, 0.3) is 0 Å². The Morgan fingerprint density at radius 3 is 2.53 bits per heavy atom. The van der Waals surface area contributed by atoms with E-state index in [0.29, 0.717) is 5.56 Å². The van der Waals surface area contributed by atoms with Crippen molar-refractivity contribution in [2.24, 2.45) is 0 Å². The smallest absolute Gasteiger partial charge is 0.313 e. The molecule has 1 aromatic carbocycles. The fourth-order valence-corrected chi connectivity index (χ4v) is 1.35. The first kappa shape index (κ1) is 11.4. The Morgan fingerprint density at radius 1 is 1.27 bits per heavy atom. The first-order valence-electron chi connectivity index (χ1n) is 4.72. The third kappa shape index (κ3) is 2.65. The van der Waals surface area contributed by atoms with Gasteiger partial charge in [-0.1, -0.05) is 18.2 Å². The Hall–Kier alpha value is -1.64. The summed E-state index contributed by atoms with van der Waals surface area (Å²) in [6.45, 7) is 3.81. The Morgan fingerprint density at radius 2 is 1.93 bits per heavy atom. The molecular formula is C12H14O3. The van der Waals surface area contributed by atoms with Crippen molar-refractivity contribution >= 4 is 11.8 Å². The van der Waals surface area contributed by atoms with E-state index in [1.807, 2.05) is 26.0 Å². The van der Waals surface area contributed by atoms with Crippen LogP contribution in [-0.4, -0.2) is 18.9 Å². The Bertz CT molecular complexity index is 394. The SMILES string of the molecule is COC(=O)CC(=O)c1cccc(C)c1C. The summed E-state index contributed by atoms with van der Waals surface area (Å²) in [7, 11) is 1.28. The predicted octanol–water partition coefficient (Wildman–Crippen LogP) is 2.05. The van der Waals surface area contributed by atoms with Crippen LogP contribution in [0.4, 0.5) is 0 Å². The van der Waals surface area contributed by atoms with E-state index >= 15 is 0 Å². The van der Waals surface area contributed by atoms with Crippen LogP contribution in [0.5, 0.6) is 0 Å². The second-order valence-corrected chi connectivity index (χ2v) is 3.42. The molecule has 0 saturated carbocycles. The van der Waals surface area contributed by atoms with Crippen LogP contribution in [-0.2, 0) is 9.53 Å². The summed E-state index contributed by atoms with van der Waals surface area (Å²) >= 11 is 0. The molecule has 1 aromatic rings. The van der Waals surface area contributed by atoms with Crippen LogP contribution in [0, 0.1) is 13.8 Å². The van der Waals surface area contributed by atoms with E-state index in [1.165, 1.54) is 7.11 Å². The first-order chi connectivity index (χ1) is 7.06. The van der Waals surface area contributed by atoms with Gasteiger partial charge in [0, 0.05) is 5.56 Å². The molecule has 0 aliphatic heterocycles. The second-order valence-electron chi connectivity index (χ2n) is 3.42. The number of ketones is 1. The summed E-state index contributed by atoms with van der Waals surface area (Å²) < 4.78 is 4.45. The molecule has 0 aromatic heterocycles. The van der Waals surface area contributed by atoms with Gasteiger partial charge in [-0.3, -0.25) is 9.59 Å². The van der Waals surface area contributed by atoms with Gasteiger partial charge >= 0.3 is 5.97 Å². The number of Topliss-reactive ketones (excluding diaryl/α,β-unsaturated/α-hetero) is 1. The molecule has 15 heavy (non-hydrogen) atoms. The fourth-order valence-electron chi connectivity index (χ4n) is 1.35. The van der Waals surface area contributed by atoms with Gasteiger partial charge in [-0.15, -0.1) is 0 Å². The standard InChI is InChI=1S/C12H14O3/c1-8-5-4-6-10(9(8)2)11(13)7-12(14)15-3/h4-6H,7H2,1-3H3. The van der Waals surface area contributed by atoms with E-state index in [-0.39, 0.29) is 12.2 Å². The highest BCUT2D eigenvalue weighted by Crippen LogP contribution is 2.14. The van der Waals surface area contributed by atoms with Gasteiger partial charge in [-0.05, 0) is 25.0 Å². The molecule has 0 fully saturated rings. The number of rotatable bonds is 3. The summed E-state index contributed by atoms with van der Waals surface area (Å²) in [4.78, 5) is 22.6. The lowest BCUT2D eigenvalue weighted by molar-refractivity contribution is -0.139. The van der Waals surface area contributed by atoms with Gasteiger partial charge in [0.05, 0.1) is 7.11 Å². The number of hydrogen-bond acceptors (Lipinski definition) is 3. The van der Waals surface area contributed by atoms with Gasteiger partial charge < -0.3 is 4.74 Å². The third-order valence-electron chi connectivity index (χ3n) is 2.44. The van der Waals surface area contributed by atoms with E-state index in [2.05, 4.69) is 4.74 Å². The van der Waals surface area contributed by atoms with Crippen molar-refractivity contribution in [3.8, 4) is 0 Å². The van der Waals surface area contributed by atoms with Crippen LogP contribution < -0.4 is 0 Å². The Kier molecular flexibility index (Phi) is 3.61. The second kappa shape index (κ2) is 4.73. The third-order valence-corrected chi connectivity index (χ3v) is 2.44. The molecule has 0 unspecified atom stereocenters. The molecule has 0 aliphatic carbocycles. The number of hydrogen-bond donors (Lipinski definition) is 0. The van der Waals surface area contributed by atoms with Crippen molar-refractivity contribution in [2.45, 2.75) is 20.3 Å². The number of esters is 1. The monoisotopic (exact) mass is 206 g/mol. The number of carbonyl (C=O) groups excluding carboxylic acids is 2. The number of ether oxygens (including phenoxy) is 1. The van der Waals surface area contributed by atoms with Gasteiger partial charge in [0.15, 0.2) is 5.78 Å². The Labute approximate surface area is 89.1 Å². The van der Waals surface area contributed by atoms with Crippen LogP contribution in [0.15, 0.2) is 18.2 Å². The van der Waals surface area contributed by atoms with Gasteiger partial charge in [-0.2, -0.15) is 0 Å². The molecule has 0 spiro atoms. The molecule has 0 saturated heterocycles. The summed E-state index contributed by atoms with van der Waals surface area (Å²) in [5.41, 5.74) is 2.57. The lowest BCUT2D eigenvalue weighted by Crippen LogP contribution is -2.11. The maximum absolute atomic E-state index is 11.7. The predicted molar refractivity (Wildman–Crippen MR) is 56.9 cm³/mol. The minimum absolute atomic E-state index is 0.192. The van der Waals surface area contributed by atoms with Gasteiger partial charge in [0.25, 0.3) is 0 Å². The lowest BCUT2D eigenvalue weighted by atomic mass is 9.99. The highest BCUT2D eigenvalue weighted by Gasteiger charge is 2.14. The zero-order valence-electron chi connectivity index (χ0n) is 9.16. The van der Waals surface area contributed by atoms with Gasteiger partial charge in [-0.25, -0.2) is 0 Å². The van der Waals surface area contributed by atoms with Crippen molar-refractivity contribution in [3.63, 3.8) is 0 Å². The molecule has 3 nitrogen and oxygen atoms in total. The van der Waals surface area contributed by atoms with Crippen molar-refractivity contribution < 1.29 is 14.3 Å². The van der Waals surface area contributed by atoms with Crippen molar-refractivity contribution in [2.75, 3.05) is 7.11 Å². The van der Waals surface area contributed by atoms with Crippen LogP contribution in [0.3, 0.4) is 0 Å². The van der Waals surface area contributed by atoms with Crippen LogP contribution in [0.2, 0.25) is 0 Å². The Balaban J connectivity index is 2.92. The summed E-state index contributed by atoms with van der Waals surface area (Å²) in [5, 5.41) is 0. The zero-order chi connectivity index (χ0) is 11.4.